The number of likely N-dealkylation sites (tertiary alicyclic amines) is 1. The number of carboxylic acid groups (broad SMARTS) is 1. The molecule has 2 atom stereocenters. The molecule has 1 rings (SSSR count). The Bertz CT molecular complexity index is 268. The molecule has 2 unspecified atom stereocenters. The number of carbonyl (C=O) groups is 1. The van der Waals surface area contributed by atoms with Crippen LogP contribution in [-0.4, -0.2) is 60.6 Å². The third-order valence-electron chi connectivity index (χ3n) is 3.87. The summed E-state index contributed by atoms with van der Waals surface area (Å²) < 4.78 is 0. The lowest BCUT2D eigenvalue weighted by atomic mass is 9.85. The number of nitrogens with zero attached hydrogens (tertiary/aromatic N) is 2. The van der Waals surface area contributed by atoms with Gasteiger partial charge in [0, 0.05) is 19.1 Å². The summed E-state index contributed by atoms with van der Waals surface area (Å²) in [7, 11) is 4.19. The van der Waals surface area contributed by atoms with Gasteiger partial charge in [-0.2, -0.15) is 0 Å². The fourth-order valence-electron chi connectivity index (χ4n) is 2.68. The van der Waals surface area contributed by atoms with E-state index in [0.29, 0.717) is 12.6 Å². The van der Waals surface area contributed by atoms with E-state index < -0.39 is 11.4 Å². The number of hydrogen-bond acceptors (Lipinski definition) is 3. The molecule has 100 valence electrons. The van der Waals surface area contributed by atoms with Crippen molar-refractivity contribution in [2.45, 2.75) is 39.2 Å². The van der Waals surface area contributed by atoms with Crippen LogP contribution in [0.15, 0.2) is 0 Å². The summed E-state index contributed by atoms with van der Waals surface area (Å²) >= 11 is 0. The van der Waals surface area contributed by atoms with Crippen LogP contribution in [0.2, 0.25) is 0 Å². The summed E-state index contributed by atoms with van der Waals surface area (Å²) in [4.78, 5) is 15.9. The molecule has 1 aliphatic rings. The van der Waals surface area contributed by atoms with Gasteiger partial charge in [-0.05, 0) is 40.4 Å². The van der Waals surface area contributed by atoms with Crippen molar-refractivity contribution in [2.24, 2.45) is 5.41 Å². The molecule has 4 nitrogen and oxygen atoms in total. The lowest BCUT2D eigenvalue weighted by Crippen LogP contribution is -2.41. The largest absolute Gasteiger partial charge is 0.481 e. The van der Waals surface area contributed by atoms with Gasteiger partial charge in [0.25, 0.3) is 0 Å². The second kappa shape index (κ2) is 5.83. The summed E-state index contributed by atoms with van der Waals surface area (Å²) in [5.74, 6) is -0.660. The molecule has 0 aromatic rings. The van der Waals surface area contributed by atoms with Crippen molar-refractivity contribution in [1.82, 2.24) is 9.80 Å². The van der Waals surface area contributed by atoms with Crippen LogP contribution in [0.3, 0.4) is 0 Å². The van der Waals surface area contributed by atoms with E-state index in [0.717, 1.165) is 32.4 Å². The molecule has 0 aromatic carbocycles. The third kappa shape index (κ3) is 3.68. The SMILES string of the molecule is CCCC(C)(CN1CCC(N(C)C)C1)C(=O)O. The second-order valence-electron chi connectivity index (χ2n) is 5.76. The van der Waals surface area contributed by atoms with Gasteiger partial charge in [0.15, 0.2) is 0 Å². The van der Waals surface area contributed by atoms with E-state index in [2.05, 4.69) is 23.9 Å². The third-order valence-corrected chi connectivity index (χ3v) is 3.87. The van der Waals surface area contributed by atoms with Crippen LogP contribution in [0, 0.1) is 5.41 Å². The maximum absolute atomic E-state index is 11.4. The molecule has 0 aromatic heterocycles. The maximum atomic E-state index is 11.4. The number of rotatable bonds is 6. The number of likely N-dealkylation sites (N-methyl/N-ethyl adjacent to an activating group) is 1. The Morgan fingerprint density at radius 1 is 1.53 bits per heavy atom. The maximum Gasteiger partial charge on any atom is 0.310 e. The average molecular weight is 242 g/mol. The molecule has 1 saturated heterocycles. The predicted molar refractivity (Wildman–Crippen MR) is 69.2 cm³/mol. The van der Waals surface area contributed by atoms with Crippen molar-refractivity contribution < 1.29 is 9.90 Å². The predicted octanol–water partition coefficient (Wildman–Crippen LogP) is 1.51. The lowest BCUT2D eigenvalue weighted by molar-refractivity contribution is -0.149. The number of hydrogen-bond donors (Lipinski definition) is 1. The van der Waals surface area contributed by atoms with E-state index in [1.807, 2.05) is 13.8 Å². The molecule has 0 bridgehead atoms. The van der Waals surface area contributed by atoms with Crippen molar-refractivity contribution in [2.75, 3.05) is 33.7 Å². The van der Waals surface area contributed by atoms with Crippen molar-refractivity contribution >= 4 is 5.97 Å². The molecule has 4 heteroatoms. The molecule has 0 aliphatic carbocycles. The summed E-state index contributed by atoms with van der Waals surface area (Å²) in [6.07, 6.45) is 2.83. The van der Waals surface area contributed by atoms with Gasteiger partial charge in [-0.25, -0.2) is 0 Å². The summed E-state index contributed by atoms with van der Waals surface area (Å²) in [6, 6.07) is 0.578. The molecule has 0 amide bonds. The molecule has 0 spiro atoms. The Labute approximate surface area is 105 Å². The highest BCUT2D eigenvalue weighted by Crippen LogP contribution is 2.27. The van der Waals surface area contributed by atoms with Crippen LogP contribution >= 0.6 is 0 Å². The van der Waals surface area contributed by atoms with E-state index >= 15 is 0 Å². The molecule has 17 heavy (non-hydrogen) atoms. The van der Waals surface area contributed by atoms with Crippen LogP contribution < -0.4 is 0 Å². The molecule has 0 saturated carbocycles. The smallest absolute Gasteiger partial charge is 0.310 e. The zero-order chi connectivity index (χ0) is 13.1. The van der Waals surface area contributed by atoms with Gasteiger partial charge in [-0.1, -0.05) is 13.3 Å². The Kier molecular flexibility index (Phi) is 4.95. The fourth-order valence-corrected chi connectivity index (χ4v) is 2.68. The van der Waals surface area contributed by atoms with Crippen LogP contribution in [0.1, 0.15) is 33.1 Å². The van der Waals surface area contributed by atoms with Crippen LogP contribution in [0.5, 0.6) is 0 Å². The fraction of sp³-hybridized carbons (Fsp3) is 0.923. The van der Waals surface area contributed by atoms with E-state index in [4.69, 9.17) is 0 Å². The first-order chi connectivity index (χ1) is 7.89. The summed E-state index contributed by atoms with van der Waals surface area (Å²) in [5.41, 5.74) is -0.587. The average Bonchev–Trinajstić information content (AvgIpc) is 2.66. The Morgan fingerprint density at radius 3 is 2.59 bits per heavy atom. The van der Waals surface area contributed by atoms with Gasteiger partial charge in [-0.3, -0.25) is 4.79 Å². The van der Waals surface area contributed by atoms with E-state index in [-0.39, 0.29) is 0 Å². The van der Waals surface area contributed by atoms with Gasteiger partial charge in [-0.15, -0.1) is 0 Å². The minimum atomic E-state index is -0.660. The van der Waals surface area contributed by atoms with Crippen LogP contribution in [-0.2, 0) is 4.79 Å². The van der Waals surface area contributed by atoms with Gasteiger partial charge < -0.3 is 14.9 Å². The van der Waals surface area contributed by atoms with Crippen LogP contribution in [0.25, 0.3) is 0 Å². The molecule has 0 radical (unpaired) electrons. The number of carboxylic acids is 1. The van der Waals surface area contributed by atoms with Gasteiger partial charge in [0.05, 0.1) is 5.41 Å². The van der Waals surface area contributed by atoms with Gasteiger partial charge in [0.1, 0.15) is 0 Å². The Morgan fingerprint density at radius 2 is 2.18 bits per heavy atom. The molecular formula is C13H26N2O2. The standard InChI is InChI=1S/C13H26N2O2/c1-5-7-13(2,12(16)17)10-15-8-6-11(9-15)14(3)4/h11H,5-10H2,1-4H3,(H,16,17). The summed E-state index contributed by atoms with van der Waals surface area (Å²) in [6.45, 7) is 6.63. The van der Waals surface area contributed by atoms with Gasteiger partial charge in [0.2, 0.25) is 0 Å². The van der Waals surface area contributed by atoms with E-state index in [1.54, 1.807) is 0 Å². The first kappa shape index (κ1) is 14.5. The highest BCUT2D eigenvalue weighted by atomic mass is 16.4. The lowest BCUT2D eigenvalue weighted by Gasteiger charge is -2.30. The highest BCUT2D eigenvalue weighted by Gasteiger charge is 2.36. The van der Waals surface area contributed by atoms with Crippen molar-refractivity contribution in [3.63, 3.8) is 0 Å². The topological polar surface area (TPSA) is 43.8 Å². The zero-order valence-corrected chi connectivity index (χ0v) is 11.6. The first-order valence-corrected chi connectivity index (χ1v) is 6.51. The first-order valence-electron chi connectivity index (χ1n) is 6.51. The van der Waals surface area contributed by atoms with Crippen molar-refractivity contribution in [3.05, 3.63) is 0 Å². The minimum absolute atomic E-state index is 0.578. The molecule has 1 N–H and O–H groups in total. The molecule has 1 fully saturated rings. The normalized spacial score (nSPS) is 25.1. The quantitative estimate of drug-likeness (QED) is 0.767. The number of aliphatic carboxylic acids is 1. The van der Waals surface area contributed by atoms with Crippen LogP contribution in [0.4, 0.5) is 0 Å². The zero-order valence-electron chi connectivity index (χ0n) is 11.6. The Balaban J connectivity index is 2.55. The monoisotopic (exact) mass is 242 g/mol. The Hall–Kier alpha value is -0.610. The minimum Gasteiger partial charge on any atom is -0.481 e. The summed E-state index contributed by atoms with van der Waals surface area (Å²) in [5, 5.41) is 9.36. The molecule has 1 heterocycles. The van der Waals surface area contributed by atoms with E-state index in [9.17, 15) is 9.90 Å². The van der Waals surface area contributed by atoms with E-state index in [1.165, 1.54) is 0 Å². The second-order valence-corrected chi connectivity index (χ2v) is 5.76. The van der Waals surface area contributed by atoms with Crippen molar-refractivity contribution in [3.8, 4) is 0 Å². The highest BCUT2D eigenvalue weighted by molar-refractivity contribution is 5.74. The van der Waals surface area contributed by atoms with Crippen molar-refractivity contribution in [1.29, 1.82) is 0 Å². The molecular weight excluding hydrogens is 216 g/mol. The molecule has 1 aliphatic heterocycles. The van der Waals surface area contributed by atoms with Gasteiger partial charge >= 0.3 is 5.97 Å².